The number of benzene rings is 1. The van der Waals surface area contributed by atoms with Crippen molar-refractivity contribution in [1.29, 1.82) is 0 Å². The number of aliphatic carboxylic acids is 1. The quantitative estimate of drug-likeness (QED) is 0.913. The van der Waals surface area contributed by atoms with Gasteiger partial charge in [0.25, 0.3) is 0 Å². The smallest absolute Gasteiger partial charge is 0.303 e. The van der Waals surface area contributed by atoms with Crippen molar-refractivity contribution in [1.82, 2.24) is 0 Å². The van der Waals surface area contributed by atoms with Crippen LogP contribution in [0.3, 0.4) is 0 Å². The molecule has 0 amide bonds. The maximum Gasteiger partial charge on any atom is 0.303 e. The van der Waals surface area contributed by atoms with E-state index in [-0.39, 0.29) is 11.8 Å². The molecular formula is C14H18ClNO2. The van der Waals surface area contributed by atoms with Crippen molar-refractivity contribution >= 4 is 23.3 Å². The third-order valence-electron chi connectivity index (χ3n) is 3.66. The second kappa shape index (κ2) is 4.81. The van der Waals surface area contributed by atoms with E-state index in [4.69, 9.17) is 16.7 Å². The largest absolute Gasteiger partial charge is 0.481 e. The lowest BCUT2D eigenvalue weighted by molar-refractivity contribution is -0.139. The molecule has 1 heterocycles. The highest BCUT2D eigenvalue weighted by molar-refractivity contribution is 6.31. The molecule has 1 aromatic rings. The summed E-state index contributed by atoms with van der Waals surface area (Å²) in [6, 6.07) is 6.02. The maximum atomic E-state index is 10.9. The standard InChI is InChI=1S/C14H18ClNO2/c1-10-3-4-11(7-12(10)15)16-6-5-14(2,9-16)8-13(17)18/h3-4,7H,5-6,8-9H2,1-2H3,(H,17,18). The van der Waals surface area contributed by atoms with Crippen molar-refractivity contribution in [2.24, 2.45) is 5.41 Å². The minimum atomic E-state index is -0.721. The number of hydrogen-bond donors (Lipinski definition) is 1. The molecule has 0 saturated carbocycles. The van der Waals surface area contributed by atoms with Crippen molar-refractivity contribution in [3.8, 4) is 0 Å². The Morgan fingerprint density at radius 1 is 1.56 bits per heavy atom. The van der Waals surface area contributed by atoms with Crippen LogP contribution in [-0.2, 0) is 4.79 Å². The number of carbonyl (C=O) groups is 1. The Bertz CT molecular complexity index is 475. The second-order valence-corrected chi connectivity index (χ2v) is 5.89. The summed E-state index contributed by atoms with van der Waals surface area (Å²) in [5.74, 6) is -0.721. The van der Waals surface area contributed by atoms with Gasteiger partial charge < -0.3 is 10.0 Å². The minimum absolute atomic E-state index is 0.136. The summed E-state index contributed by atoms with van der Waals surface area (Å²) in [5, 5.41) is 9.70. The summed E-state index contributed by atoms with van der Waals surface area (Å²) in [4.78, 5) is 13.1. The molecule has 1 atom stereocenters. The zero-order valence-corrected chi connectivity index (χ0v) is 11.5. The van der Waals surface area contributed by atoms with Gasteiger partial charge in [-0.15, -0.1) is 0 Å². The van der Waals surface area contributed by atoms with E-state index >= 15 is 0 Å². The molecule has 3 nitrogen and oxygen atoms in total. The summed E-state index contributed by atoms with van der Waals surface area (Å²) in [6.07, 6.45) is 1.13. The van der Waals surface area contributed by atoms with Crippen molar-refractivity contribution in [3.05, 3.63) is 28.8 Å². The zero-order chi connectivity index (χ0) is 13.3. The van der Waals surface area contributed by atoms with Crippen LogP contribution in [-0.4, -0.2) is 24.2 Å². The molecule has 1 aliphatic heterocycles. The fraction of sp³-hybridized carbons (Fsp3) is 0.500. The molecule has 4 heteroatoms. The Kier molecular flexibility index (Phi) is 3.53. The Morgan fingerprint density at radius 3 is 2.89 bits per heavy atom. The van der Waals surface area contributed by atoms with Gasteiger partial charge in [-0.2, -0.15) is 0 Å². The molecule has 0 aliphatic carbocycles. The van der Waals surface area contributed by atoms with Crippen molar-refractivity contribution in [3.63, 3.8) is 0 Å². The third-order valence-corrected chi connectivity index (χ3v) is 4.06. The topological polar surface area (TPSA) is 40.5 Å². The van der Waals surface area contributed by atoms with Crippen LogP contribution in [0.2, 0.25) is 5.02 Å². The number of anilines is 1. The van der Waals surface area contributed by atoms with Gasteiger partial charge in [0, 0.05) is 23.8 Å². The highest BCUT2D eigenvalue weighted by Gasteiger charge is 2.35. The van der Waals surface area contributed by atoms with E-state index in [0.29, 0.717) is 0 Å². The number of nitrogens with zero attached hydrogens (tertiary/aromatic N) is 1. The average molecular weight is 268 g/mol. The van der Waals surface area contributed by atoms with E-state index in [1.54, 1.807) is 0 Å². The first kappa shape index (κ1) is 13.2. The highest BCUT2D eigenvalue weighted by atomic mass is 35.5. The van der Waals surface area contributed by atoms with Gasteiger partial charge in [-0.25, -0.2) is 0 Å². The lowest BCUT2D eigenvalue weighted by atomic mass is 9.86. The Labute approximate surface area is 112 Å². The Hall–Kier alpha value is -1.22. The van der Waals surface area contributed by atoms with E-state index in [1.165, 1.54) is 0 Å². The summed E-state index contributed by atoms with van der Waals surface area (Å²) < 4.78 is 0. The molecule has 1 aliphatic rings. The van der Waals surface area contributed by atoms with Crippen LogP contribution < -0.4 is 4.90 Å². The second-order valence-electron chi connectivity index (χ2n) is 5.49. The molecule has 1 fully saturated rings. The molecule has 98 valence electrons. The number of halogens is 1. The van der Waals surface area contributed by atoms with Gasteiger partial charge in [0.2, 0.25) is 0 Å². The van der Waals surface area contributed by atoms with E-state index in [1.807, 2.05) is 32.0 Å². The predicted octanol–water partition coefficient (Wildman–Crippen LogP) is 3.34. The molecule has 18 heavy (non-hydrogen) atoms. The molecule has 1 saturated heterocycles. The minimum Gasteiger partial charge on any atom is -0.481 e. The SMILES string of the molecule is Cc1ccc(N2CCC(C)(CC(=O)O)C2)cc1Cl. The maximum absolute atomic E-state index is 10.9. The van der Waals surface area contributed by atoms with E-state index < -0.39 is 5.97 Å². The summed E-state index contributed by atoms with van der Waals surface area (Å²) in [5.41, 5.74) is 2.01. The first-order valence-electron chi connectivity index (χ1n) is 6.13. The summed E-state index contributed by atoms with van der Waals surface area (Å²) >= 11 is 6.13. The van der Waals surface area contributed by atoms with Crippen molar-refractivity contribution in [2.75, 3.05) is 18.0 Å². The molecule has 2 rings (SSSR count). The van der Waals surface area contributed by atoms with E-state index in [2.05, 4.69) is 4.90 Å². The predicted molar refractivity (Wildman–Crippen MR) is 73.4 cm³/mol. The average Bonchev–Trinajstić information content (AvgIpc) is 2.63. The van der Waals surface area contributed by atoms with Gasteiger partial charge >= 0.3 is 5.97 Å². The molecule has 0 spiro atoms. The molecular weight excluding hydrogens is 250 g/mol. The summed E-state index contributed by atoms with van der Waals surface area (Å²) in [6.45, 7) is 5.68. The van der Waals surface area contributed by atoms with Gasteiger partial charge in [-0.05, 0) is 36.5 Å². The van der Waals surface area contributed by atoms with Crippen LogP contribution in [0.5, 0.6) is 0 Å². The van der Waals surface area contributed by atoms with E-state index in [9.17, 15) is 4.79 Å². The molecule has 1 unspecified atom stereocenters. The lowest BCUT2D eigenvalue weighted by Crippen LogP contribution is -2.26. The van der Waals surface area contributed by atoms with Gasteiger partial charge in [-0.3, -0.25) is 4.79 Å². The fourth-order valence-corrected chi connectivity index (χ4v) is 2.71. The molecule has 0 aromatic heterocycles. The number of carboxylic acids is 1. The Balaban J connectivity index is 2.12. The van der Waals surface area contributed by atoms with Crippen LogP contribution in [0.1, 0.15) is 25.3 Å². The van der Waals surface area contributed by atoms with Crippen LogP contribution in [0.4, 0.5) is 5.69 Å². The third kappa shape index (κ3) is 2.78. The molecule has 0 radical (unpaired) electrons. The number of hydrogen-bond acceptors (Lipinski definition) is 2. The zero-order valence-electron chi connectivity index (χ0n) is 10.7. The van der Waals surface area contributed by atoms with Gasteiger partial charge in [0.1, 0.15) is 0 Å². The summed E-state index contributed by atoms with van der Waals surface area (Å²) in [7, 11) is 0. The molecule has 0 bridgehead atoms. The highest BCUT2D eigenvalue weighted by Crippen LogP contribution is 2.36. The van der Waals surface area contributed by atoms with Crippen molar-refractivity contribution in [2.45, 2.75) is 26.7 Å². The Morgan fingerprint density at radius 2 is 2.28 bits per heavy atom. The van der Waals surface area contributed by atoms with Crippen LogP contribution >= 0.6 is 11.6 Å². The molecule has 1 N–H and O–H groups in total. The van der Waals surface area contributed by atoms with Crippen LogP contribution in [0.25, 0.3) is 0 Å². The fourth-order valence-electron chi connectivity index (χ4n) is 2.53. The number of carboxylic acid groups (broad SMARTS) is 1. The van der Waals surface area contributed by atoms with Gasteiger partial charge in [0.15, 0.2) is 0 Å². The first-order chi connectivity index (χ1) is 8.39. The van der Waals surface area contributed by atoms with Gasteiger partial charge in [0.05, 0.1) is 6.42 Å². The number of aryl methyl sites for hydroxylation is 1. The normalized spacial score (nSPS) is 23.4. The van der Waals surface area contributed by atoms with E-state index in [0.717, 1.165) is 35.8 Å². The number of rotatable bonds is 3. The monoisotopic (exact) mass is 267 g/mol. The van der Waals surface area contributed by atoms with Gasteiger partial charge in [-0.1, -0.05) is 24.6 Å². The lowest BCUT2D eigenvalue weighted by Gasteiger charge is -2.24. The first-order valence-corrected chi connectivity index (χ1v) is 6.50. The van der Waals surface area contributed by atoms with Crippen LogP contribution in [0.15, 0.2) is 18.2 Å². The van der Waals surface area contributed by atoms with Crippen LogP contribution in [0, 0.1) is 12.3 Å². The van der Waals surface area contributed by atoms with Crippen molar-refractivity contribution < 1.29 is 9.90 Å². The molecule has 1 aromatic carbocycles.